The van der Waals surface area contributed by atoms with Gasteiger partial charge in [0.15, 0.2) is 5.96 Å². The second-order valence-corrected chi connectivity index (χ2v) is 7.67. The van der Waals surface area contributed by atoms with Crippen LogP contribution in [-0.4, -0.2) is 61.0 Å². The Bertz CT molecular complexity index is 669. The number of nitrogens with one attached hydrogen (secondary N) is 2. The van der Waals surface area contributed by atoms with Crippen molar-refractivity contribution in [3.63, 3.8) is 0 Å². The van der Waals surface area contributed by atoms with E-state index >= 15 is 0 Å². The molecule has 0 radical (unpaired) electrons. The SMILES string of the molecule is CCC(=O)N1CCC(NC(=NC)NCc2ccnc(N3CCCCCC3)c2)C1. The Kier molecular flexibility index (Phi) is 7.51. The molecule has 0 aromatic carbocycles. The molecule has 2 aliphatic heterocycles. The number of likely N-dealkylation sites (tertiary alicyclic amines) is 1. The van der Waals surface area contributed by atoms with E-state index < -0.39 is 0 Å². The summed E-state index contributed by atoms with van der Waals surface area (Å²) in [5.74, 6) is 2.09. The molecular weight excluding hydrogens is 352 g/mol. The molecule has 1 amide bonds. The van der Waals surface area contributed by atoms with Gasteiger partial charge >= 0.3 is 0 Å². The minimum atomic E-state index is 0.227. The molecule has 1 atom stereocenters. The normalized spacial score (nSPS) is 20.8. The summed E-state index contributed by atoms with van der Waals surface area (Å²) in [5.41, 5.74) is 1.20. The van der Waals surface area contributed by atoms with Crippen LogP contribution in [0.4, 0.5) is 5.82 Å². The van der Waals surface area contributed by atoms with Crippen molar-refractivity contribution in [3.05, 3.63) is 23.9 Å². The quantitative estimate of drug-likeness (QED) is 0.599. The van der Waals surface area contributed by atoms with Crippen molar-refractivity contribution < 1.29 is 4.79 Å². The molecule has 3 heterocycles. The van der Waals surface area contributed by atoms with E-state index in [-0.39, 0.29) is 11.9 Å². The summed E-state index contributed by atoms with van der Waals surface area (Å²) in [6.07, 6.45) is 8.57. The molecule has 1 aromatic rings. The fraction of sp³-hybridized carbons (Fsp3) is 0.667. The number of aromatic nitrogens is 1. The Balaban J connectivity index is 1.51. The molecule has 3 rings (SSSR count). The van der Waals surface area contributed by atoms with Crippen LogP contribution in [-0.2, 0) is 11.3 Å². The van der Waals surface area contributed by atoms with E-state index in [1.54, 1.807) is 7.05 Å². The van der Waals surface area contributed by atoms with E-state index in [2.05, 4.69) is 37.6 Å². The zero-order valence-corrected chi connectivity index (χ0v) is 17.3. The highest BCUT2D eigenvalue weighted by Gasteiger charge is 2.25. The smallest absolute Gasteiger partial charge is 0.222 e. The predicted octanol–water partition coefficient (Wildman–Crippen LogP) is 2.14. The van der Waals surface area contributed by atoms with Crippen molar-refractivity contribution in [3.8, 4) is 0 Å². The number of nitrogens with zero attached hydrogens (tertiary/aromatic N) is 4. The van der Waals surface area contributed by atoms with E-state index in [4.69, 9.17) is 0 Å². The van der Waals surface area contributed by atoms with E-state index in [0.29, 0.717) is 13.0 Å². The number of hydrogen-bond donors (Lipinski definition) is 2. The standard InChI is InChI=1S/C21H34N6O/c1-3-20(28)27-13-9-18(16-27)25-21(22-2)24-15-17-8-10-23-19(14-17)26-11-6-4-5-7-12-26/h8,10,14,18H,3-7,9,11-13,15-16H2,1-2H3,(H2,22,24,25). The van der Waals surface area contributed by atoms with Gasteiger partial charge in [-0.3, -0.25) is 9.79 Å². The summed E-state index contributed by atoms with van der Waals surface area (Å²) in [7, 11) is 1.79. The summed E-state index contributed by atoms with van der Waals surface area (Å²) in [4.78, 5) is 25.1. The van der Waals surface area contributed by atoms with Crippen LogP contribution in [0.25, 0.3) is 0 Å². The molecule has 2 saturated heterocycles. The maximum absolute atomic E-state index is 11.9. The fourth-order valence-electron chi connectivity index (χ4n) is 3.95. The second kappa shape index (κ2) is 10.3. The van der Waals surface area contributed by atoms with Gasteiger partial charge in [0.05, 0.1) is 0 Å². The van der Waals surface area contributed by atoms with Gasteiger partial charge in [0.2, 0.25) is 5.91 Å². The minimum absolute atomic E-state index is 0.227. The van der Waals surface area contributed by atoms with Crippen LogP contribution in [0.1, 0.15) is 51.0 Å². The molecule has 7 nitrogen and oxygen atoms in total. The number of carbonyl (C=O) groups excluding carboxylic acids is 1. The third-order valence-corrected chi connectivity index (χ3v) is 5.61. The average molecular weight is 387 g/mol. The molecular formula is C21H34N6O. The van der Waals surface area contributed by atoms with Crippen LogP contribution in [0, 0.1) is 0 Å². The van der Waals surface area contributed by atoms with Gasteiger partial charge in [0, 0.05) is 58.4 Å². The van der Waals surface area contributed by atoms with Crippen molar-refractivity contribution in [1.82, 2.24) is 20.5 Å². The lowest BCUT2D eigenvalue weighted by atomic mass is 10.2. The summed E-state index contributed by atoms with van der Waals surface area (Å²) < 4.78 is 0. The number of amides is 1. The summed E-state index contributed by atoms with van der Waals surface area (Å²) in [6, 6.07) is 4.49. The van der Waals surface area contributed by atoms with Gasteiger partial charge in [-0.2, -0.15) is 0 Å². The average Bonchev–Trinajstić information content (AvgIpc) is 3.02. The van der Waals surface area contributed by atoms with E-state index in [9.17, 15) is 4.79 Å². The Morgan fingerprint density at radius 1 is 1.25 bits per heavy atom. The Morgan fingerprint density at radius 3 is 2.75 bits per heavy atom. The monoisotopic (exact) mass is 386 g/mol. The number of hydrogen-bond acceptors (Lipinski definition) is 4. The molecule has 0 saturated carbocycles. The molecule has 1 unspecified atom stereocenters. The van der Waals surface area contributed by atoms with Gasteiger partial charge in [-0.05, 0) is 37.0 Å². The van der Waals surface area contributed by atoms with Gasteiger partial charge in [-0.1, -0.05) is 19.8 Å². The first-order chi connectivity index (χ1) is 13.7. The molecule has 2 N–H and O–H groups in total. The highest BCUT2D eigenvalue weighted by Crippen LogP contribution is 2.18. The van der Waals surface area contributed by atoms with Gasteiger partial charge < -0.3 is 20.4 Å². The first-order valence-electron chi connectivity index (χ1n) is 10.6. The molecule has 2 aliphatic rings. The van der Waals surface area contributed by atoms with Gasteiger partial charge in [-0.15, -0.1) is 0 Å². The topological polar surface area (TPSA) is 72.9 Å². The Hall–Kier alpha value is -2.31. The van der Waals surface area contributed by atoms with Crippen molar-refractivity contribution in [2.45, 2.75) is 58.0 Å². The fourth-order valence-corrected chi connectivity index (χ4v) is 3.95. The number of guanidine groups is 1. The Morgan fingerprint density at radius 2 is 2.04 bits per heavy atom. The lowest BCUT2D eigenvalue weighted by Crippen LogP contribution is -2.44. The maximum Gasteiger partial charge on any atom is 0.222 e. The van der Waals surface area contributed by atoms with Crippen LogP contribution < -0.4 is 15.5 Å². The molecule has 154 valence electrons. The van der Waals surface area contributed by atoms with Crippen LogP contribution >= 0.6 is 0 Å². The van der Waals surface area contributed by atoms with Gasteiger partial charge in [-0.25, -0.2) is 4.98 Å². The molecule has 0 aliphatic carbocycles. The van der Waals surface area contributed by atoms with Crippen LogP contribution in [0.2, 0.25) is 0 Å². The van der Waals surface area contributed by atoms with Crippen molar-refractivity contribution in [2.75, 3.05) is 38.1 Å². The molecule has 1 aromatic heterocycles. The number of aliphatic imine (C=N–C) groups is 1. The minimum Gasteiger partial charge on any atom is -0.357 e. The van der Waals surface area contributed by atoms with E-state index in [1.807, 2.05) is 18.0 Å². The number of pyridine rings is 1. The van der Waals surface area contributed by atoms with Crippen LogP contribution in [0.3, 0.4) is 0 Å². The first kappa shape index (κ1) is 20.4. The number of carbonyl (C=O) groups is 1. The lowest BCUT2D eigenvalue weighted by molar-refractivity contribution is -0.129. The molecule has 0 spiro atoms. The highest BCUT2D eigenvalue weighted by atomic mass is 16.2. The van der Waals surface area contributed by atoms with Crippen molar-refractivity contribution in [1.29, 1.82) is 0 Å². The second-order valence-electron chi connectivity index (χ2n) is 7.67. The van der Waals surface area contributed by atoms with E-state index in [1.165, 1.54) is 31.2 Å². The third kappa shape index (κ3) is 5.59. The largest absolute Gasteiger partial charge is 0.357 e. The third-order valence-electron chi connectivity index (χ3n) is 5.61. The number of anilines is 1. The first-order valence-corrected chi connectivity index (χ1v) is 10.6. The maximum atomic E-state index is 11.9. The van der Waals surface area contributed by atoms with E-state index in [0.717, 1.165) is 44.4 Å². The van der Waals surface area contributed by atoms with Crippen LogP contribution in [0.5, 0.6) is 0 Å². The predicted molar refractivity (Wildman–Crippen MR) is 114 cm³/mol. The summed E-state index contributed by atoms with van der Waals surface area (Å²) >= 11 is 0. The summed E-state index contributed by atoms with van der Waals surface area (Å²) in [5, 5.41) is 6.85. The molecule has 2 fully saturated rings. The van der Waals surface area contributed by atoms with Crippen molar-refractivity contribution in [2.24, 2.45) is 4.99 Å². The zero-order valence-electron chi connectivity index (χ0n) is 17.3. The van der Waals surface area contributed by atoms with Crippen molar-refractivity contribution >= 4 is 17.7 Å². The molecule has 7 heteroatoms. The lowest BCUT2D eigenvalue weighted by Gasteiger charge is -2.22. The number of rotatable bonds is 5. The van der Waals surface area contributed by atoms with Gasteiger partial charge in [0.1, 0.15) is 5.82 Å². The molecule has 0 bridgehead atoms. The zero-order chi connectivity index (χ0) is 19.8. The van der Waals surface area contributed by atoms with Crippen LogP contribution in [0.15, 0.2) is 23.3 Å². The Labute approximate surface area is 168 Å². The molecule has 28 heavy (non-hydrogen) atoms. The highest BCUT2D eigenvalue weighted by molar-refractivity contribution is 5.80. The van der Waals surface area contributed by atoms with Gasteiger partial charge in [0.25, 0.3) is 0 Å². The summed E-state index contributed by atoms with van der Waals surface area (Å²) in [6.45, 7) is 6.39.